The summed E-state index contributed by atoms with van der Waals surface area (Å²) in [6.45, 7) is 6.49. The molecule has 1 aromatic carbocycles. The van der Waals surface area contributed by atoms with E-state index >= 15 is 0 Å². The minimum absolute atomic E-state index is 0.261. The van der Waals surface area contributed by atoms with Gasteiger partial charge >= 0.3 is 0 Å². The van der Waals surface area contributed by atoms with E-state index in [9.17, 15) is 0 Å². The third-order valence-electron chi connectivity index (χ3n) is 3.72. The van der Waals surface area contributed by atoms with E-state index < -0.39 is 0 Å². The van der Waals surface area contributed by atoms with Crippen LogP contribution in [0.25, 0.3) is 0 Å². The SMILES string of the molecule is CC(C)C(NCc1ccc(Cl)s1)c1ccc2c(c1)OCCO2. The largest absolute Gasteiger partial charge is 0.486 e. The van der Waals surface area contributed by atoms with E-state index in [0.29, 0.717) is 19.1 Å². The molecule has 1 atom stereocenters. The van der Waals surface area contributed by atoms with Gasteiger partial charge in [-0.2, -0.15) is 0 Å². The maximum Gasteiger partial charge on any atom is 0.161 e. The zero-order valence-corrected chi connectivity index (χ0v) is 14.3. The first-order valence-electron chi connectivity index (χ1n) is 7.50. The molecule has 1 aliphatic heterocycles. The molecule has 1 N–H and O–H groups in total. The van der Waals surface area contributed by atoms with E-state index in [0.717, 1.165) is 22.4 Å². The van der Waals surface area contributed by atoms with Crippen LogP contribution in [-0.2, 0) is 6.54 Å². The van der Waals surface area contributed by atoms with Crippen molar-refractivity contribution in [1.29, 1.82) is 0 Å². The zero-order chi connectivity index (χ0) is 15.5. The van der Waals surface area contributed by atoms with Gasteiger partial charge in [0.25, 0.3) is 0 Å². The first kappa shape index (κ1) is 15.7. The second-order valence-corrected chi connectivity index (χ2v) is 7.51. The number of hydrogen-bond acceptors (Lipinski definition) is 4. The average Bonchev–Trinajstić information content (AvgIpc) is 2.92. The molecular formula is C17H20ClNO2S. The summed E-state index contributed by atoms with van der Waals surface area (Å²) in [6.07, 6.45) is 0. The zero-order valence-electron chi connectivity index (χ0n) is 12.8. The number of benzene rings is 1. The smallest absolute Gasteiger partial charge is 0.161 e. The Labute approximate surface area is 140 Å². The van der Waals surface area contributed by atoms with Crippen LogP contribution in [0.3, 0.4) is 0 Å². The van der Waals surface area contributed by atoms with E-state index in [1.165, 1.54) is 10.4 Å². The fraction of sp³-hybridized carbons (Fsp3) is 0.412. The highest BCUT2D eigenvalue weighted by molar-refractivity contribution is 7.16. The monoisotopic (exact) mass is 337 g/mol. The van der Waals surface area contributed by atoms with Gasteiger partial charge in [0, 0.05) is 17.5 Å². The molecule has 2 aromatic rings. The summed E-state index contributed by atoms with van der Waals surface area (Å²) in [7, 11) is 0. The standard InChI is InChI=1S/C17H20ClNO2S/c1-11(2)17(19-10-13-4-6-16(18)22-13)12-3-5-14-15(9-12)21-8-7-20-14/h3-6,9,11,17,19H,7-8,10H2,1-2H3. The molecule has 3 rings (SSSR count). The van der Waals surface area contributed by atoms with Crippen LogP contribution >= 0.6 is 22.9 Å². The lowest BCUT2D eigenvalue weighted by Crippen LogP contribution is -2.25. The van der Waals surface area contributed by atoms with Crippen molar-refractivity contribution >= 4 is 22.9 Å². The van der Waals surface area contributed by atoms with Gasteiger partial charge in [-0.15, -0.1) is 11.3 Å². The quantitative estimate of drug-likeness (QED) is 0.860. The Hall–Kier alpha value is -1.23. The number of hydrogen-bond donors (Lipinski definition) is 1. The summed E-state index contributed by atoms with van der Waals surface area (Å²) in [5, 5.41) is 3.63. The van der Waals surface area contributed by atoms with Gasteiger partial charge in [-0.05, 0) is 35.7 Å². The van der Waals surface area contributed by atoms with E-state index in [-0.39, 0.29) is 6.04 Å². The minimum Gasteiger partial charge on any atom is -0.486 e. The predicted molar refractivity (Wildman–Crippen MR) is 91.2 cm³/mol. The molecule has 0 aliphatic carbocycles. The highest BCUT2D eigenvalue weighted by Crippen LogP contribution is 2.34. The van der Waals surface area contributed by atoms with Gasteiger partial charge in [-0.1, -0.05) is 31.5 Å². The van der Waals surface area contributed by atoms with E-state index in [1.807, 2.05) is 12.1 Å². The second-order valence-electron chi connectivity index (χ2n) is 5.71. The normalized spacial score (nSPS) is 15.1. The van der Waals surface area contributed by atoms with Crippen LogP contribution in [0.5, 0.6) is 11.5 Å². The van der Waals surface area contributed by atoms with Crippen LogP contribution < -0.4 is 14.8 Å². The van der Waals surface area contributed by atoms with Gasteiger partial charge in [-0.3, -0.25) is 0 Å². The van der Waals surface area contributed by atoms with E-state index in [2.05, 4.69) is 37.4 Å². The van der Waals surface area contributed by atoms with Crippen molar-refractivity contribution in [3.8, 4) is 11.5 Å². The lowest BCUT2D eigenvalue weighted by Gasteiger charge is -2.25. The number of ether oxygens (including phenoxy) is 2. The van der Waals surface area contributed by atoms with E-state index in [4.69, 9.17) is 21.1 Å². The summed E-state index contributed by atoms with van der Waals surface area (Å²) < 4.78 is 12.1. The Morgan fingerprint density at radius 2 is 1.91 bits per heavy atom. The summed E-state index contributed by atoms with van der Waals surface area (Å²) in [5.74, 6) is 2.15. The molecule has 0 spiro atoms. The molecule has 1 aliphatic rings. The van der Waals surface area contributed by atoms with Crippen LogP contribution in [-0.4, -0.2) is 13.2 Å². The average molecular weight is 338 g/mol. The first-order valence-corrected chi connectivity index (χ1v) is 8.70. The molecule has 0 amide bonds. The Bertz CT molecular complexity index is 641. The molecule has 2 heterocycles. The van der Waals surface area contributed by atoms with Gasteiger partial charge < -0.3 is 14.8 Å². The second kappa shape index (κ2) is 6.90. The number of fused-ring (bicyclic) bond motifs is 1. The molecule has 1 unspecified atom stereocenters. The fourth-order valence-corrected chi connectivity index (χ4v) is 3.69. The molecule has 118 valence electrons. The van der Waals surface area contributed by atoms with Gasteiger partial charge in [0.1, 0.15) is 13.2 Å². The maximum atomic E-state index is 5.99. The number of thiophene rings is 1. The van der Waals surface area contributed by atoms with Crippen LogP contribution in [0.2, 0.25) is 4.34 Å². The van der Waals surface area contributed by atoms with Crippen molar-refractivity contribution in [2.45, 2.75) is 26.4 Å². The first-order chi connectivity index (χ1) is 10.6. The number of halogens is 1. The van der Waals surface area contributed by atoms with Crippen molar-refractivity contribution in [1.82, 2.24) is 5.32 Å². The molecule has 0 saturated heterocycles. The Morgan fingerprint density at radius 3 is 2.59 bits per heavy atom. The molecule has 1 aromatic heterocycles. The molecular weight excluding hydrogens is 318 g/mol. The molecule has 5 heteroatoms. The Kier molecular flexibility index (Phi) is 4.91. The highest BCUT2D eigenvalue weighted by Gasteiger charge is 2.19. The molecule has 22 heavy (non-hydrogen) atoms. The number of rotatable bonds is 5. The van der Waals surface area contributed by atoms with Crippen molar-refractivity contribution in [2.24, 2.45) is 5.92 Å². The fourth-order valence-electron chi connectivity index (χ4n) is 2.65. The van der Waals surface area contributed by atoms with Crippen LogP contribution in [0.1, 0.15) is 30.3 Å². The topological polar surface area (TPSA) is 30.5 Å². The van der Waals surface area contributed by atoms with Gasteiger partial charge in [-0.25, -0.2) is 0 Å². The predicted octanol–water partition coefficient (Wildman–Crippen LogP) is 4.66. The summed E-state index contributed by atoms with van der Waals surface area (Å²) in [5.41, 5.74) is 1.22. The molecule has 0 saturated carbocycles. The highest BCUT2D eigenvalue weighted by atomic mass is 35.5. The van der Waals surface area contributed by atoms with Crippen LogP contribution in [0.4, 0.5) is 0 Å². The third-order valence-corrected chi connectivity index (χ3v) is 4.95. The van der Waals surface area contributed by atoms with Crippen molar-refractivity contribution in [2.75, 3.05) is 13.2 Å². The van der Waals surface area contributed by atoms with Gasteiger partial charge in [0.15, 0.2) is 11.5 Å². The lowest BCUT2D eigenvalue weighted by molar-refractivity contribution is 0.171. The summed E-state index contributed by atoms with van der Waals surface area (Å²) >= 11 is 7.61. The number of nitrogens with one attached hydrogen (secondary N) is 1. The molecule has 3 nitrogen and oxygen atoms in total. The van der Waals surface area contributed by atoms with Gasteiger partial charge in [0.05, 0.1) is 4.34 Å². The lowest BCUT2D eigenvalue weighted by atomic mass is 9.95. The van der Waals surface area contributed by atoms with Crippen LogP contribution in [0.15, 0.2) is 30.3 Å². The molecule has 0 fully saturated rings. The summed E-state index contributed by atoms with van der Waals surface area (Å²) in [6, 6.07) is 10.5. The van der Waals surface area contributed by atoms with Gasteiger partial charge in [0.2, 0.25) is 0 Å². The van der Waals surface area contributed by atoms with Crippen molar-refractivity contribution < 1.29 is 9.47 Å². The Morgan fingerprint density at radius 1 is 1.14 bits per heavy atom. The molecule has 0 bridgehead atoms. The third kappa shape index (κ3) is 3.57. The van der Waals surface area contributed by atoms with Crippen LogP contribution in [0, 0.1) is 5.92 Å². The van der Waals surface area contributed by atoms with E-state index in [1.54, 1.807) is 11.3 Å². The minimum atomic E-state index is 0.261. The van der Waals surface area contributed by atoms with Crippen molar-refractivity contribution in [3.63, 3.8) is 0 Å². The molecule has 0 radical (unpaired) electrons. The Balaban J connectivity index is 1.75. The summed E-state index contributed by atoms with van der Waals surface area (Å²) in [4.78, 5) is 1.24. The maximum absolute atomic E-state index is 5.99. The van der Waals surface area contributed by atoms with Crippen molar-refractivity contribution in [3.05, 3.63) is 45.1 Å².